The van der Waals surface area contributed by atoms with Gasteiger partial charge in [-0.3, -0.25) is 30.0 Å². The summed E-state index contributed by atoms with van der Waals surface area (Å²) in [4.78, 5) is 49.3. The quantitative estimate of drug-likeness (QED) is 0.451. The molecule has 3 rings (SSSR count). The largest absolute Gasteiger partial charge is 0.294 e. The van der Waals surface area contributed by atoms with Crippen LogP contribution in [0.25, 0.3) is 10.8 Å². The zero-order valence-electron chi connectivity index (χ0n) is 17.5. The van der Waals surface area contributed by atoms with Crippen molar-refractivity contribution in [1.82, 2.24) is 20.6 Å². The van der Waals surface area contributed by atoms with Gasteiger partial charge in [0, 0.05) is 30.3 Å². The maximum atomic E-state index is 12.6. The monoisotopic (exact) mass is 420 g/mol. The van der Waals surface area contributed by atoms with Gasteiger partial charge in [0.15, 0.2) is 11.5 Å². The predicted molar refractivity (Wildman–Crippen MR) is 117 cm³/mol. The molecule has 2 amide bonds. The third-order valence-corrected chi connectivity index (χ3v) is 4.96. The summed E-state index contributed by atoms with van der Waals surface area (Å²) in [7, 11) is 0. The minimum absolute atomic E-state index is 0.0229. The van der Waals surface area contributed by atoms with Gasteiger partial charge < -0.3 is 0 Å². The highest BCUT2D eigenvalue weighted by atomic mass is 16.2. The molecule has 8 heteroatoms. The molecule has 0 aliphatic carbocycles. The number of rotatable bonds is 7. The number of fused-ring (bicyclic) bond motifs is 1. The molecule has 0 aliphatic rings. The summed E-state index contributed by atoms with van der Waals surface area (Å²) in [5.41, 5.74) is 6.04. The van der Waals surface area contributed by atoms with Crippen LogP contribution in [0.1, 0.15) is 53.1 Å². The zero-order valence-corrected chi connectivity index (χ0v) is 17.5. The van der Waals surface area contributed by atoms with Gasteiger partial charge in [0.25, 0.3) is 11.5 Å². The second-order valence-electron chi connectivity index (χ2n) is 6.99. The van der Waals surface area contributed by atoms with Crippen molar-refractivity contribution in [2.75, 3.05) is 0 Å². The summed E-state index contributed by atoms with van der Waals surface area (Å²) in [6.45, 7) is 4.08. The van der Waals surface area contributed by atoms with Crippen LogP contribution in [0, 0.1) is 0 Å². The smallest absolute Gasteiger partial charge is 0.290 e. The van der Waals surface area contributed by atoms with Gasteiger partial charge in [0.2, 0.25) is 5.91 Å². The normalized spacial score (nSPS) is 10.6. The molecular weight excluding hydrogens is 396 g/mol. The number of hydrogen-bond donors (Lipinski definition) is 2. The molecule has 0 radical (unpaired) electrons. The first-order chi connectivity index (χ1) is 14.9. The molecule has 0 aliphatic heterocycles. The summed E-state index contributed by atoms with van der Waals surface area (Å²) in [5.74, 6) is -1.29. The van der Waals surface area contributed by atoms with E-state index in [0.29, 0.717) is 22.9 Å². The highest BCUT2D eigenvalue weighted by Gasteiger charge is 2.17. The molecule has 160 valence electrons. The average Bonchev–Trinajstić information content (AvgIpc) is 2.81. The van der Waals surface area contributed by atoms with Gasteiger partial charge in [-0.25, -0.2) is 4.68 Å². The first kappa shape index (κ1) is 21.9. The fraction of sp³-hybridized carbons (Fsp3) is 0.261. The number of carbonyl (C=O) groups is 3. The minimum atomic E-state index is -0.645. The van der Waals surface area contributed by atoms with E-state index in [1.165, 1.54) is 4.68 Å². The second kappa shape index (κ2) is 9.80. The van der Waals surface area contributed by atoms with Crippen LogP contribution in [-0.2, 0) is 17.8 Å². The van der Waals surface area contributed by atoms with Gasteiger partial charge in [-0.1, -0.05) is 49.4 Å². The first-order valence-electron chi connectivity index (χ1n) is 10.2. The molecule has 31 heavy (non-hydrogen) atoms. The summed E-state index contributed by atoms with van der Waals surface area (Å²) in [6.07, 6.45) is 0.836. The Morgan fingerprint density at radius 3 is 2.23 bits per heavy atom. The van der Waals surface area contributed by atoms with Gasteiger partial charge >= 0.3 is 0 Å². The average molecular weight is 420 g/mol. The standard InChI is InChI=1S/C23H24N4O4/c1-3-15-9-11-16(12-10-15)19(28)13-14-20(29)24-25-22(30)21-17-7-5-6-8-18(17)23(31)27(4-2)26-21/h5-12H,3-4,13-14H2,1-2H3,(H,24,29)(H,25,30). The molecule has 2 N–H and O–H groups in total. The molecule has 0 saturated carbocycles. The minimum Gasteiger partial charge on any atom is -0.294 e. The Morgan fingerprint density at radius 1 is 0.903 bits per heavy atom. The SMILES string of the molecule is CCc1ccc(C(=O)CCC(=O)NNC(=O)c2nn(CC)c(=O)c3ccccc23)cc1. The van der Waals surface area contributed by atoms with E-state index in [-0.39, 0.29) is 29.9 Å². The van der Waals surface area contributed by atoms with Gasteiger partial charge in [0.1, 0.15) is 0 Å². The Balaban J connectivity index is 1.61. The molecule has 0 bridgehead atoms. The van der Waals surface area contributed by atoms with Gasteiger partial charge in [-0.15, -0.1) is 0 Å². The molecule has 0 saturated heterocycles. The topological polar surface area (TPSA) is 110 Å². The van der Waals surface area contributed by atoms with E-state index in [0.717, 1.165) is 12.0 Å². The van der Waals surface area contributed by atoms with Crippen molar-refractivity contribution in [2.45, 2.75) is 39.7 Å². The molecule has 0 atom stereocenters. The number of aryl methyl sites for hydroxylation is 2. The number of nitrogens with one attached hydrogen (secondary N) is 2. The van der Waals surface area contributed by atoms with E-state index in [1.54, 1.807) is 43.3 Å². The van der Waals surface area contributed by atoms with Crippen LogP contribution < -0.4 is 16.4 Å². The fourth-order valence-corrected chi connectivity index (χ4v) is 3.16. The lowest BCUT2D eigenvalue weighted by Crippen LogP contribution is -2.42. The Labute approximate surface area is 179 Å². The number of carbonyl (C=O) groups excluding carboxylic acids is 3. The summed E-state index contributed by atoms with van der Waals surface area (Å²) >= 11 is 0. The van der Waals surface area contributed by atoms with Crippen molar-refractivity contribution in [3.05, 3.63) is 75.7 Å². The highest BCUT2D eigenvalue weighted by molar-refractivity contribution is 6.05. The Morgan fingerprint density at radius 2 is 1.58 bits per heavy atom. The van der Waals surface area contributed by atoms with Crippen molar-refractivity contribution in [3.8, 4) is 0 Å². The highest BCUT2D eigenvalue weighted by Crippen LogP contribution is 2.13. The number of nitrogens with zero attached hydrogens (tertiary/aromatic N) is 2. The number of aromatic nitrogens is 2. The van der Waals surface area contributed by atoms with Crippen LogP contribution in [0.4, 0.5) is 0 Å². The van der Waals surface area contributed by atoms with Gasteiger partial charge in [-0.05, 0) is 25.0 Å². The summed E-state index contributed by atoms with van der Waals surface area (Å²) in [6, 6.07) is 13.9. The van der Waals surface area contributed by atoms with Crippen LogP contribution in [0.3, 0.4) is 0 Å². The number of hydrogen-bond acceptors (Lipinski definition) is 5. The maximum absolute atomic E-state index is 12.6. The van der Waals surface area contributed by atoms with Crippen molar-refractivity contribution in [1.29, 1.82) is 0 Å². The van der Waals surface area contributed by atoms with Crippen molar-refractivity contribution < 1.29 is 14.4 Å². The van der Waals surface area contributed by atoms with Crippen LogP contribution in [0.2, 0.25) is 0 Å². The summed E-state index contributed by atoms with van der Waals surface area (Å²) < 4.78 is 1.20. The maximum Gasteiger partial charge on any atom is 0.290 e. The van der Waals surface area contributed by atoms with E-state index in [4.69, 9.17) is 0 Å². The van der Waals surface area contributed by atoms with Crippen LogP contribution in [-0.4, -0.2) is 27.4 Å². The van der Waals surface area contributed by atoms with Gasteiger partial charge in [-0.2, -0.15) is 5.10 Å². The lowest BCUT2D eigenvalue weighted by Gasteiger charge is -2.11. The number of hydrazine groups is 1. The number of amides is 2. The van der Waals surface area contributed by atoms with E-state index < -0.39 is 11.8 Å². The lowest BCUT2D eigenvalue weighted by atomic mass is 10.0. The van der Waals surface area contributed by atoms with E-state index in [9.17, 15) is 19.2 Å². The number of Topliss-reactive ketones (excluding diaryl/α,β-unsaturated/α-hetero) is 1. The molecule has 2 aromatic carbocycles. The zero-order chi connectivity index (χ0) is 22.4. The van der Waals surface area contributed by atoms with Crippen molar-refractivity contribution in [3.63, 3.8) is 0 Å². The molecular formula is C23H24N4O4. The Hall–Kier alpha value is -3.81. The molecule has 0 fully saturated rings. The molecule has 0 unspecified atom stereocenters. The third-order valence-electron chi connectivity index (χ3n) is 4.96. The Kier molecular flexibility index (Phi) is 6.92. The number of ketones is 1. The predicted octanol–water partition coefficient (Wildman–Crippen LogP) is 2.40. The van der Waals surface area contributed by atoms with Crippen molar-refractivity contribution in [2.24, 2.45) is 0 Å². The molecule has 1 aromatic heterocycles. The van der Waals surface area contributed by atoms with Crippen LogP contribution in [0.15, 0.2) is 53.3 Å². The Bertz CT molecular complexity index is 1180. The van der Waals surface area contributed by atoms with Crippen LogP contribution in [0.5, 0.6) is 0 Å². The lowest BCUT2D eigenvalue weighted by molar-refractivity contribution is -0.121. The second-order valence-corrected chi connectivity index (χ2v) is 6.99. The fourth-order valence-electron chi connectivity index (χ4n) is 3.16. The van der Waals surface area contributed by atoms with Crippen LogP contribution >= 0.6 is 0 Å². The number of benzene rings is 2. The summed E-state index contributed by atoms with van der Waals surface area (Å²) in [5, 5.41) is 4.88. The molecule has 1 heterocycles. The van der Waals surface area contributed by atoms with E-state index in [2.05, 4.69) is 16.0 Å². The first-order valence-corrected chi connectivity index (χ1v) is 10.2. The van der Waals surface area contributed by atoms with Gasteiger partial charge in [0.05, 0.1) is 5.39 Å². The van der Waals surface area contributed by atoms with E-state index in [1.807, 2.05) is 19.1 Å². The molecule has 8 nitrogen and oxygen atoms in total. The van der Waals surface area contributed by atoms with Crippen molar-refractivity contribution >= 4 is 28.4 Å². The van der Waals surface area contributed by atoms with E-state index >= 15 is 0 Å². The third kappa shape index (κ3) is 5.03. The molecule has 3 aromatic rings. The molecule has 0 spiro atoms.